The van der Waals surface area contributed by atoms with Gasteiger partial charge in [0.05, 0.1) is 31.9 Å². The summed E-state index contributed by atoms with van der Waals surface area (Å²) in [5.41, 5.74) is 1.34. The molecular formula is C19H22ClFN3O+. The van der Waals surface area contributed by atoms with Crippen LogP contribution in [0.1, 0.15) is 6.92 Å². The molecule has 0 unspecified atom stereocenters. The van der Waals surface area contributed by atoms with Gasteiger partial charge in [0.15, 0.2) is 6.04 Å². The number of nitrogens with one attached hydrogen (secondary N) is 2. The third-order valence-corrected chi connectivity index (χ3v) is 4.95. The van der Waals surface area contributed by atoms with Crippen molar-refractivity contribution in [2.75, 3.05) is 36.4 Å². The molecule has 0 saturated carbocycles. The zero-order valence-electron chi connectivity index (χ0n) is 14.1. The van der Waals surface area contributed by atoms with E-state index in [0.29, 0.717) is 0 Å². The van der Waals surface area contributed by atoms with Gasteiger partial charge in [0, 0.05) is 10.7 Å². The number of hydrogen-bond donors (Lipinski definition) is 2. The van der Waals surface area contributed by atoms with E-state index < -0.39 is 5.82 Å². The van der Waals surface area contributed by atoms with Crippen LogP contribution < -0.4 is 15.1 Å². The van der Waals surface area contributed by atoms with Crippen molar-refractivity contribution in [3.63, 3.8) is 0 Å². The molecule has 132 valence electrons. The van der Waals surface area contributed by atoms with E-state index in [0.717, 1.165) is 36.9 Å². The molecule has 2 N–H and O–H groups in total. The second-order valence-corrected chi connectivity index (χ2v) is 6.75. The van der Waals surface area contributed by atoms with Crippen LogP contribution in [0.15, 0.2) is 48.5 Å². The molecule has 2 aromatic rings. The standard InChI is InChI=1S/C19H21ClFN3O/c1-14(19(25)22-18-8-3-2-7-17(18)21)23-9-11-24(12-10-23)16-6-4-5-15(20)13-16/h2-8,13-14H,9-12H2,1H3,(H,22,25)/p+1/t14-/m0/s1. The van der Waals surface area contributed by atoms with Crippen molar-refractivity contribution in [2.45, 2.75) is 13.0 Å². The Morgan fingerprint density at radius 2 is 1.92 bits per heavy atom. The van der Waals surface area contributed by atoms with Crippen molar-refractivity contribution in [3.05, 3.63) is 59.4 Å². The van der Waals surface area contributed by atoms with Gasteiger partial charge in [0.25, 0.3) is 5.91 Å². The lowest BCUT2D eigenvalue weighted by Gasteiger charge is -2.36. The van der Waals surface area contributed by atoms with Crippen molar-refractivity contribution >= 4 is 28.9 Å². The van der Waals surface area contributed by atoms with Crippen molar-refractivity contribution in [1.82, 2.24) is 0 Å². The van der Waals surface area contributed by atoms with Gasteiger partial charge in [-0.3, -0.25) is 4.79 Å². The molecule has 4 nitrogen and oxygen atoms in total. The van der Waals surface area contributed by atoms with Crippen molar-refractivity contribution in [1.29, 1.82) is 0 Å². The molecule has 1 aliphatic heterocycles. The number of piperazine rings is 1. The molecule has 6 heteroatoms. The zero-order chi connectivity index (χ0) is 17.8. The van der Waals surface area contributed by atoms with Crippen LogP contribution in [0.25, 0.3) is 0 Å². The third-order valence-electron chi connectivity index (χ3n) is 4.72. The molecule has 0 aliphatic carbocycles. The monoisotopic (exact) mass is 362 g/mol. The number of carbonyl (C=O) groups is 1. The number of benzene rings is 2. The molecule has 2 aromatic carbocycles. The fourth-order valence-corrected chi connectivity index (χ4v) is 3.33. The van der Waals surface area contributed by atoms with Crippen LogP contribution in [0.5, 0.6) is 0 Å². The van der Waals surface area contributed by atoms with Crippen molar-refractivity contribution in [2.24, 2.45) is 0 Å². The summed E-state index contributed by atoms with van der Waals surface area (Å²) in [6.07, 6.45) is 0. The summed E-state index contributed by atoms with van der Waals surface area (Å²) >= 11 is 6.06. The Hall–Kier alpha value is -2.11. The highest BCUT2D eigenvalue weighted by molar-refractivity contribution is 6.30. The van der Waals surface area contributed by atoms with Gasteiger partial charge in [0.2, 0.25) is 0 Å². The Balaban J connectivity index is 1.57. The molecule has 0 bridgehead atoms. The molecule has 0 spiro atoms. The minimum Gasteiger partial charge on any atom is -0.360 e. The average Bonchev–Trinajstić information content (AvgIpc) is 2.63. The SMILES string of the molecule is C[C@@H](C(=O)Nc1ccccc1F)[NH+]1CCN(c2cccc(Cl)c2)CC1. The normalized spacial score (nSPS) is 16.5. The van der Waals surface area contributed by atoms with E-state index in [9.17, 15) is 9.18 Å². The predicted octanol–water partition coefficient (Wildman–Crippen LogP) is 2.21. The largest absolute Gasteiger partial charge is 0.360 e. The summed E-state index contributed by atoms with van der Waals surface area (Å²) in [7, 11) is 0. The number of carbonyl (C=O) groups excluding carboxylic acids is 1. The van der Waals surface area contributed by atoms with Gasteiger partial charge in [-0.15, -0.1) is 0 Å². The van der Waals surface area contributed by atoms with Gasteiger partial charge in [0.1, 0.15) is 5.82 Å². The molecule has 1 amide bonds. The molecule has 3 rings (SSSR count). The van der Waals surface area contributed by atoms with Crippen LogP contribution in [0, 0.1) is 5.82 Å². The highest BCUT2D eigenvalue weighted by atomic mass is 35.5. The van der Waals surface area contributed by atoms with Crippen molar-refractivity contribution < 1.29 is 14.1 Å². The number of amides is 1. The third kappa shape index (κ3) is 4.30. The number of rotatable bonds is 4. The summed E-state index contributed by atoms with van der Waals surface area (Å²) in [6, 6.07) is 13.8. The van der Waals surface area contributed by atoms with E-state index in [2.05, 4.69) is 10.2 Å². The van der Waals surface area contributed by atoms with E-state index in [1.807, 2.05) is 31.2 Å². The summed E-state index contributed by atoms with van der Waals surface area (Å²) in [5, 5.41) is 3.42. The predicted molar refractivity (Wildman–Crippen MR) is 98.9 cm³/mol. The smallest absolute Gasteiger partial charge is 0.282 e. The quantitative estimate of drug-likeness (QED) is 0.875. The van der Waals surface area contributed by atoms with Crippen LogP contribution in [-0.4, -0.2) is 38.1 Å². The lowest BCUT2D eigenvalue weighted by atomic mass is 10.2. The molecule has 1 heterocycles. The van der Waals surface area contributed by atoms with Gasteiger partial charge < -0.3 is 15.1 Å². The fraction of sp³-hybridized carbons (Fsp3) is 0.316. The number of halogens is 2. The van der Waals surface area contributed by atoms with E-state index in [1.54, 1.807) is 18.2 Å². The van der Waals surface area contributed by atoms with Crippen LogP contribution in [0.4, 0.5) is 15.8 Å². The minimum atomic E-state index is -0.413. The first-order valence-electron chi connectivity index (χ1n) is 8.45. The number of anilines is 2. The van der Waals surface area contributed by atoms with Gasteiger partial charge >= 0.3 is 0 Å². The Morgan fingerprint density at radius 1 is 1.20 bits per heavy atom. The Morgan fingerprint density at radius 3 is 2.60 bits per heavy atom. The summed E-state index contributed by atoms with van der Waals surface area (Å²) < 4.78 is 13.7. The van der Waals surface area contributed by atoms with E-state index >= 15 is 0 Å². The second kappa shape index (κ2) is 7.85. The number of para-hydroxylation sites is 1. The first-order chi connectivity index (χ1) is 12.0. The first kappa shape index (κ1) is 17.7. The first-order valence-corrected chi connectivity index (χ1v) is 8.83. The topological polar surface area (TPSA) is 36.8 Å². The van der Waals surface area contributed by atoms with Gasteiger partial charge in [-0.25, -0.2) is 4.39 Å². The Labute approximate surface area is 152 Å². The zero-order valence-corrected chi connectivity index (χ0v) is 14.9. The van der Waals surface area contributed by atoms with Gasteiger partial charge in [-0.05, 0) is 37.3 Å². The molecule has 1 fully saturated rings. The van der Waals surface area contributed by atoms with E-state index in [1.165, 1.54) is 11.0 Å². The summed E-state index contributed by atoms with van der Waals surface area (Å²) in [5.74, 6) is -0.569. The fourth-order valence-electron chi connectivity index (χ4n) is 3.15. The van der Waals surface area contributed by atoms with Gasteiger partial charge in [-0.1, -0.05) is 29.8 Å². The van der Waals surface area contributed by atoms with E-state index in [4.69, 9.17) is 11.6 Å². The molecule has 1 aliphatic rings. The number of nitrogens with zero attached hydrogens (tertiary/aromatic N) is 1. The average molecular weight is 363 g/mol. The molecule has 0 radical (unpaired) electrons. The lowest BCUT2D eigenvalue weighted by Crippen LogP contribution is -3.19. The maximum atomic E-state index is 13.7. The van der Waals surface area contributed by atoms with Crippen LogP contribution in [0.3, 0.4) is 0 Å². The lowest BCUT2D eigenvalue weighted by molar-refractivity contribution is -0.914. The highest BCUT2D eigenvalue weighted by Crippen LogP contribution is 2.19. The van der Waals surface area contributed by atoms with Crippen LogP contribution in [-0.2, 0) is 4.79 Å². The maximum Gasteiger partial charge on any atom is 0.282 e. The minimum absolute atomic E-state index is 0.156. The molecular weight excluding hydrogens is 341 g/mol. The maximum absolute atomic E-state index is 13.7. The second-order valence-electron chi connectivity index (χ2n) is 6.32. The van der Waals surface area contributed by atoms with E-state index in [-0.39, 0.29) is 17.6 Å². The summed E-state index contributed by atoms with van der Waals surface area (Å²) in [6.45, 7) is 5.29. The van der Waals surface area contributed by atoms with Crippen molar-refractivity contribution in [3.8, 4) is 0 Å². The Bertz CT molecular complexity index is 747. The number of quaternary nitrogens is 1. The number of hydrogen-bond acceptors (Lipinski definition) is 2. The molecule has 0 aromatic heterocycles. The Kier molecular flexibility index (Phi) is 5.56. The molecule has 1 saturated heterocycles. The molecule has 25 heavy (non-hydrogen) atoms. The van der Waals surface area contributed by atoms with Gasteiger partial charge in [-0.2, -0.15) is 0 Å². The summed E-state index contributed by atoms with van der Waals surface area (Å²) in [4.78, 5) is 15.9. The van der Waals surface area contributed by atoms with Crippen LogP contribution >= 0.6 is 11.6 Å². The molecule has 1 atom stereocenters. The highest BCUT2D eigenvalue weighted by Gasteiger charge is 2.29. The van der Waals surface area contributed by atoms with Crippen LogP contribution in [0.2, 0.25) is 5.02 Å².